The lowest BCUT2D eigenvalue weighted by molar-refractivity contribution is 0.980. The van der Waals surface area contributed by atoms with E-state index in [1.54, 1.807) is 24.2 Å². The van der Waals surface area contributed by atoms with Crippen molar-refractivity contribution < 1.29 is 0 Å². The standard InChI is InChI=1S/C14H11N2S/c15-9-13(12-5-4-8-16-10-12)11-17-14-6-2-1-3-7-14/h2-8,10,13H,11H2. The summed E-state index contributed by atoms with van der Waals surface area (Å²) in [7, 11) is 0. The molecule has 1 unspecified atom stereocenters. The highest BCUT2D eigenvalue weighted by Gasteiger charge is 2.10. The summed E-state index contributed by atoms with van der Waals surface area (Å²) in [4.78, 5) is 5.20. The quantitative estimate of drug-likeness (QED) is 0.768. The van der Waals surface area contributed by atoms with E-state index in [1.165, 1.54) is 0 Å². The average molecular weight is 239 g/mol. The number of hydrogen-bond acceptors (Lipinski definition) is 3. The van der Waals surface area contributed by atoms with Crippen LogP contribution in [0.1, 0.15) is 11.5 Å². The summed E-state index contributed by atoms with van der Waals surface area (Å²) in [6.45, 7) is 0. The Morgan fingerprint density at radius 2 is 2.18 bits per heavy atom. The molecule has 0 aliphatic rings. The molecule has 83 valence electrons. The van der Waals surface area contributed by atoms with Crippen LogP contribution in [0.5, 0.6) is 0 Å². The van der Waals surface area contributed by atoms with Gasteiger partial charge in [-0.1, -0.05) is 18.2 Å². The molecule has 1 radical (unpaired) electrons. The monoisotopic (exact) mass is 239 g/mol. The van der Waals surface area contributed by atoms with Gasteiger partial charge in [-0.05, 0) is 29.8 Å². The van der Waals surface area contributed by atoms with Gasteiger partial charge in [-0.3, -0.25) is 4.98 Å². The molecule has 0 spiro atoms. The Kier molecular flexibility index (Phi) is 4.17. The molecule has 2 nitrogen and oxygen atoms in total. The van der Waals surface area contributed by atoms with Gasteiger partial charge >= 0.3 is 0 Å². The van der Waals surface area contributed by atoms with Crippen molar-refractivity contribution in [3.63, 3.8) is 0 Å². The molecule has 0 amide bonds. The summed E-state index contributed by atoms with van der Waals surface area (Å²) in [6, 6.07) is 16.9. The largest absolute Gasteiger partial charge is 0.264 e. The molecule has 0 saturated heterocycles. The average Bonchev–Trinajstić information content (AvgIpc) is 2.42. The van der Waals surface area contributed by atoms with Gasteiger partial charge in [0.1, 0.15) is 0 Å². The third-order valence-corrected chi connectivity index (χ3v) is 3.45. The van der Waals surface area contributed by atoms with Crippen LogP contribution < -0.4 is 0 Å². The lowest BCUT2D eigenvalue weighted by Crippen LogP contribution is -1.99. The fourth-order valence-electron chi connectivity index (χ4n) is 1.44. The predicted octanol–water partition coefficient (Wildman–Crippen LogP) is 3.28. The number of nitrogens with zero attached hydrogens (tertiary/aromatic N) is 2. The highest BCUT2D eigenvalue weighted by molar-refractivity contribution is 7.99. The van der Waals surface area contributed by atoms with Crippen molar-refractivity contribution in [2.45, 2.75) is 10.8 Å². The Morgan fingerprint density at radius 3 is 2.82 bits per heavy atom. The summed E-state index contributed by atoms with van der Waals surface area (Å²) < 4.78 is 0. The smallest absolute Gasteiger partial charge is 0.0821 e. The van der Waals surface area contributed by atoms with Gasteiger partial charge in [0, 0.05) is 23.0 Å². The molecular weight excluding hydrogens is 228 g/mol. The highest BCUT2D eigenvalue weighted by Crippen LogP contribution is 2.25. The summed E-state index contributed by atoms with van der Waals surface area (Å²) >= 11 is 1.68. The number of nitriles is 1. The van der Waals surface area contributed by atoms with Gasteiger partial charge in [0.2, 0.25) is 0 Å². The summed E-state index contributed by atoms with van der Waals surface area (Å²) in [6.07, 6.45) is 3.48. The second-order valence-corrected chi connectivity index (χ2v) is 4.61. The maximum absolute atomic E-state index is 9.16. The van der Waals surface area contributed by atoms with Gasteiger partial charge in [-0.25, -0.2) is 0 Å². The number of benzene rings is 1. The first kappa shape index (κ1) is 11.7. The fourth-order valence-corrected chi connectivity index (χ4v) is 2.39. The number of pyridine rings is 1. The van der Waals surface area contributed by atoms with Gasteiger partial charge < -0.3 is 0 Å². The maximum Gasteiger partial charge on any atom is 0.0821 e. The van der Waals surface area contributed by atoms with Crippen LogP contribution in [0.2, 0.25) is 0 Å². The Hall–Kier alpha value is -1.79. The zero-order valence-corrected chi connectivity index (χ0v) is 10.0. The number of thioether (sulfide) groups is 1. The van der Waals surface area contributed by atoms with Gasteiger partial charge in [0.15, 0.2) is 0 Å². The minimum Gasteiger partial charge on any atom is -0.264 e. The van der Waals surface area contributed by atoms with Gasteiger partial charge in [-0.15, -0.1) is 11.8 Å². The van der Waals surface area contributed by atoms with Crippen molar-refractivity contribution in [1.29, 1.82) is 5.26 Å². The van der Waals surface area contributed by atoms with E-state index in [4.69, 9.17) is 5.26 Å². The van der Waals surface area contributed by atoms with E-state index in [9.17, 15) is 0 Å². The van der Waals surface area contributed by atoms with Crippen LogP contribution in [0.15, 0.2) is 53.7 Å². The molecule has 0 N–H and O–H groups in total. The normalized spacial score (nSPS) is 11.7. The molecule has 0 fully saturated rings. The number of aromatic nitrogens is 1. The molecule has 0 aliphatic carbocycles. The molecule has 1 atom stereocenters. The zero-order chi connectivity index (χ0) is 11.9. The van der Waals surface area contributed by atoms with Crippen LogP contribution in [0.4, 0.5) is 0 Å². The first-order chi connectivity index (χ1) is 8.40. The maximum atomic E-state index is 9.16. The Balaban J connectivity index is 2.01. The Morgan fingerprint density at radius 1 is 1.35 bits per heavy atom. The number of hydrogen-bond donors (Lipinski definition) is 0. The summed E-state index contributed by atoms with van der Waals surface area (Å²) in [5.41, 5.74) is 0.977. The molecule has 1 heterocycles. The van der Waals surface area contributed by atoms with Crippen LogP contribution in [-0.2, 0) is 0 Å². The van der Waals surface area contributed by atoms with E-state index < -0.39 is 0 Å². The van der Waals surface area contributed by atoms with Crippen molar-refractivity contribution in [2.75, 3.05) is 5.75 Å². The van der Waals surface area contributed by atoms with Gasteiger partial charge in [-0.2, -0.15) is 5.26 Å². The van der Waals surface area contributed by atoms with E-state index in [2.05, 4.69) is 17.1 Å². The molecule has 2 aromatic rings. The van der Waals surface area contributed by atoms with Crippen molar-refractivity contribution in [1.82, 2.24) is 4.98 Å². The molecule has 0 saturated carbocycles. The molecule has 1 aromatic carbocycles. The zero-order valence-electron chi connectivity index (χ0n) is 9.21. The van der Waals surface area contributed by atoms with E-state index in [0.29, 0.717) is 0 Å². The Bertz CT molecular complexity index is 491. The van der Waals surface area contributed by atoms with Crippen LogP contribution in [0.3, 0.4) is 0 Å². The second kappa shape index (κ2) is 6.07. The van der Waals surface area contributed by atoms with Crippen LogP contribution in [0, 0.1) is 17.4 Å². The van der Waals surface area contributed by atoms with Crippen molar-refractivity contribution in [2.24, 2.45) is 0 Å². The lowest BCUT2D eigenvalue weighted by atomic mass is 10.1. The minimum absolute atomic E-state index is 0.113. The first-order valence-electron chi connectivity index (χ1n) is 5.28. The van der Waals surface area contributed by atoms with Crippen LogP contribution in [0.25, 0.3) is 0 Å². The van der Waals surface area contributed by atoms with Crippen molar-refractivity contribution in [3.05, 3.63) is 60.4 Å². The topological polar surface area (TPSA) is 36.7 Å². The van der Waals surface area contributed by atoms with E-state index in [0.717, 1.165) is 16.2 Å². The SMILES string of the molecule is N#CC(CSc1cc[c]cc1)c1cccnc1. The van der Waals surface area contributed by atoms with Crippen molar-refractivity contribution >= 4 is 11.8 Å². The molecular formula is C14H11N2S. The predicted molar refractivity (Wildman–Crippen MR) is 68.6 cm³/mol. The molecule has 17 heavy (non-hydrogen) atoms. The molecule has 3 heteroatoms. The van der Waals surface area contributed by atoms with E-state index in [-0.39, 0.29) is 5.92 Å². The summed E-state index contributed by atoms with van der Waals surface area (Å²) in [5.74, 6) is 0.629. The molecule has 2 rings (SSSR count). The first-order valence-corrected chi connectivity index (χ1v) is 6.27. The molecule has 1 aromatic heterocycles. The lowest BCUT2D eigenvalue weighted by Gasteiger charge is -2.08. The minimum atomic E-state index is -0.113. The van der Waals surface area contributed by atoms with Crippen molar-refractivity contribution in [3.8, 4) is 6.07 Å². The second-order valence-electron chi connectivity index (χ2n) is 3.51. The van der Waals surface area contributed by atoms with Gasteiger partial charge in [0.25, 0.3) is 0 Å². The summed E-state index contributed by atoms with van der Waals surface area (Å²) in [5, 5.41) is 9.16. The number of rotatable bonds is 4. The third-order valence-electron chi connectivity index (χ3n) is 2.35. The molecule has 0 aliphatic heterocycles. The fraction of sp³-hybridized carbons (Fsp3) is 0.143. The van der Waals surface area contributed by atoms with E-state index >= 15 is 0 Å². The van der Waals surface area contributed by atoms with E-state index in [1.807, 2.05) is 36.4 Å². The highest BCUT2D eigenvalue weighted by atomic mass is 32.2. The van der Waals surface area contributed by atoms with Crippen LogP contribution in [-0.4, -0.2) is 10.7 Å². The third kappa shape index (κ3) is 3.33. The van der Waals surface area contributed by atoms with Gasteiger partial charge in [0.05, 0.1) is 12.0 Å². The van der Waals surface area contributed by atoms with Crippen LogP contribution >= 0.6 is 11.8 Å². The molecule has 0 bridgehead atoms. The Labute approximate surface area is 105 Å².